The van der Waals surface area contributed by atoms with Crippen molar-refractivity contribution in [3.63, 3.8) is 0 Å². The normalized spacial score (nSPS) is 20.3. The van der Waals surface area contributed by atoms with Crippen LogP contribution in [0.3, 0.4) is 0 Å². The molecule has 8 heteroatoms. The molecule has 1 N–H and O–H groups in total. The van der Waals surface area contributed by atoms with Gasteiger partial charge in [-0.15, -0.1) is 0 Å². The molecule has 1 aromatic carbocycles. The zero-order valence-corrected chi connectivity index (χ0v) is 16.7. The first-order valence-corrected chi connectivity index (χ1v) is 9.20. The highest BCUT2D eigenvalue weighted by molar-refractivity contribution is 6.32. The fourth-order valence-electron chi connectivity index (χ4n) is 2.92. The molecule has 1 amide bonds. The molecule has 0 saturated carbocycles. The van der Waals surface area contributed by atoms with Crippen LogP contribution in [0.4, 0.5) is 9.18 Å². The topological polar surface area (TPSA) is 76.1 Å². The van der Waals surface area contributed by atoms with Gasteiger partial charge in [-0.2, -0.15) is 0 Å². The molecule has 1 fully saturated rings. The number of rotatable bonds is 4. The van der Waals surface area contributed by atoms with Gasteiger partial charge in [0.25, 0.3) is 0 Å². The van der Waals surface area contributed by atoms with Gasteiger partial charge in [0.2, 0.25) is 0 Å². The predicted molar refractivity (Wildman–Crippen MR) is 99.0 cm³/mol. The summed E-state index contributed by atoms with van der Waals surface area (Å²) in [4.78, 5) is 24.7. The minimum atomic E-state index is -0.960. The van der Waals surface area contributed by atoms with Crippen molar-refractivity contribution in [2.75, 3.05) is 13.2 Å². The van der Waals surface area contributed by atoms with Gasteiger partial charge in [0.1, 0.15) is 17.2 Å². The molecule has 1 saturated heterocycles. The van der Waals surface area contributed by atoms with Crippen LogP contribution in [0.2, 0.25) is 5.02 Å². The summed E-state index contributed by atoms with van der Waals surface area (Å²) in [6.07, 6.45) is 0.583. The molecule has 1 aliphatic rings. The van der Waals surface area contributed by atoms with E-state index in [1.165, 1.54) is 11.0 Å². The molecule has 0 spiro atoms. The summed E-state index contributed by atoms with van der Waals surface area (Å²) in [5.74, 6) is -1.48. The van der Waals surface area contributed by atoms with Gasteiger partial charge >= 0.3 is 12.1 Å². The van der Waals surface area contributed by atoms with E-state index >= 15 is 0 Å². The van der Waals surface area contributed by atoms with Crippen molar-refractivity contribution in [2.24, 2.45) is 5.92 Å². The van der Waals surface area contributed by atoms with E-state index in [0.29, 0.717) is 6.54 Å². The van der Waals surface area contributed by atoms with Gasteiger partial charge in [-0.05, 0) is 46.6 Å². The first-order chi connectivity index (χ1) is 12.5. The zero-order valence-electron chi connectivity index (χ0n) is 15.9. The molecular weight excluding hydrogens is 377 g/mol. The van der Waals surface area contributed by atoms with Crippen LogP contribution in [-0.4, -0.2) is 46.9 Å². The lowest BCUT2D eigenvalue weighted by atomic mass is 9.94. The number of piperidine rings is 1. The maximum Gasteiger partial charge on any atom is 0.407 e. The quantitative estimate of drug-likeness (QED) is 0.746. The van der Waals surface area contributed by atoms with Gasteiger partial charge in [-0.25, -0.2) is 14.0 Å². The van der Waals surface area contributed by atoms with Crippen LogP contribution in [0.1, 0.15) is 50.9 Å². The number of amides is 1. The number of carboxylic acid groups (broad SMARTS) is 1. The maximum atomic E-state index is 14.3. The lowest BCUT2D eigenvalue weighted by molar-refractivity contribution is 0.00646. The number of benzene rings is 1. The summed E-state index contributed by atoms with van der Waals surface area (Å²) in [5, 5.41) is 9.32. The third-order valence-electron chi connectivity index (χ3n) is 4.34. The van der Waals surface area contributed by atoms with Crippen molar-refractivity contribution in [3.8, 4) is 5.75 Å². The van der Waals surface area contributed by atoms with E-state index in [2.05, 4.69) is 0 Å². The van der Waals surface area contributed by atoms with Crippen molar-refractivity contribution >= 4 is 23.7 Å². The fourth-order valence-corrected chi connectivity index (χ4v) is 3.14. The van der Waals surface area contributed by atoms with Gasteiger partial charge < -0.3 is 19.5 Å². The van der Waals surface area contributed by atoms with E-state index in [1.54, 1.807) is 20.8 Å². The van der Waals surface area contributed by atoms with Crippen LogP contribution in [0.15, 0.2) is 12.1 Å². The van der Waals surface area contributed by atoms with Gasteiger partial charge in [-0.1, -0.05) is 11.6 Å². The fraction of sp³-hybridized carbons (Fsp3) is 0.579. The van der Waals surface area contributed by atoms with Crippen molar-refractivity contribution in [1.82, 2.24) is 4.90 Å². The molecule has 27 heavy (non-hydrogen) atoms. The Hall–Kier alpha value is -2.02. The third kappa shape index (κ3) is 5.73. The highest BCUT2D eigenvalue weighted by Gasteiger charge is 2.29. The van der Waals surface area contributed by atoms with Crippen LogP contribution < -0.4 is 4.74 Å². The lowest BCUT2D eigenvalue weighted by Crippen LogP contribution is -2.46. The number of hydrogen-bond acceptors (Lipinski definition) is 4. The van der Waals surface area contributed by atoms with Gasteiger partial charge in [0.05, 0.1) is 17.2 Å². The number of halogens is 2. The smallest absolute Gasteiger partial charge is 0.407 e. The molecule has 0 aromatic heterocycles. The summed E-state index contributed by atoms with van der Waals surface area (Å²) in [5.41, 5.74) is -1.01. The molecule has 0 aliphatic carbocycles. The second-order valence-electron chi connectivity index (χ2n) is 7.80. The van der Waals surface area contributed by atoms with E-state index in [4.69, 9.17) is 21.1 Å². The van der Waals surface area contributed by atoms with E-state index in [1.807, 2.05) is 6.92 Å². The molecule has 6 nitrogen and oxygen atoms in total. The minimum Gasteiger partial charge on any atom is -0.492 e. The van der Waals surface area contributed by atoms with E-state index in [9.17, 15) is 19.1 Å². The highest BCUT2D eigenvalue weighted by atomic mass is 35.5. The summed E-state index contributed by atoms with van der Waals surface area (Å²) in [6.45, 7) is 7.49. The Morgan fingerprint density at radius 1 is 1.33 bits per heavy atom. The summed E-state index contributed by atoms with van der Waals surface area (Å²) in [7, 11) is 0. The first-order valence-electron chi connectivity index (χ1n) is 8.82. The minimum absolute atomic E-state index is 0.0121. The number of ether oxygens (including phenoxy) is 2. The summed E-state index contributed by atoms with van der Waals surface area (Å²) < 4.78 is 25.1. The van der Waals surface area contributed by atoms with Crippen molar-refractivity contribution in [1.29, 1.82) is 0 Å². The number of likely N-dealkylation sites (tertiary alicyclic amines) is 1. The third-order valence-corrected chi connectivity index (χ3v) is 4.64. The Labute approximate surface area is 163 Å². The average Bonchev–Trinajstić information content (AvgIpc) is 2.54. The Balaban J connectivity index is 2.04. The lowest BCUT2D eigenvalue weighted by Gasteiger charge is -2.35. The number of nitrogens with zero attached hydrogens (tertiary/aromatic N) is 1. The molecule has 1 aromatic rings. The molecule has 150 valence electrons. The van der Waals surface area contributed by atoms with Crippen molar-refractivity contribution in [3.05, 3.63) is 28.5 Å². The Kier molecular flexibility index (Phi) is 6.57. The largest absolute Gasteiger partial charge is 0.492 e. The summed E-state index contributed by atoms with van der Waals surface area (Å²) in [6, 6.07) is 2.21. The number of carbonyl (C=O) groups is 2. The SMILES string of the molecule is CC1CCC(COc2cc(F)c(C(=O)OC(C)(C)C)cc2Cl)CN1C(=O)O. The van der Waals surface area contributed by atoms with Crippen LogP contribution in [0.5, 0.6) is 5.75 Å². The number of carbonyl (C=O) groups excluding carboxylic acids is 1. The monoisotopic (exact) mass is 401 g/mol. The molecule has 1 heterocycles. The van der Waals surface area contributed by atoms with Gasteiger partial charge in [0, 0.05) is 24.6 Å². The Bertz CT molecular complexity index is 719. The van der Waals surface area contributed by atoms with Gasteiger partial charge in [-0.3, -0.25) is 0 Å². The predicted octanol–water partition coefficient (Wildman–Crippen LogP) is 4.59. The second kappa shape index (κ2) is 8.33. The van der Waals surface area contributed by atoms with Crippen molar-refractivity contribution < 1.29 is 28.6 Å². The highest BCUT2D eigenvalue weighted by Crippen LogP contribution is 2.30. The molecule has 2 rings (SSSR count). The van der Waals surface area contributed by atoms with Crippen LogP contribution in [-0.2, 0) is 4.74 Å². The average molecular weight is 402 g/mol. The molecular formula is C19H25ClFNO5. The maximum absolute atomic E-state index is 14.3. The second-order valence-corrected chi connectivity index (χ2v) is 8.21. The molecule has 1 aliphatic heterocycles. The molecule has 2 unspecified atom stereocenters. The number of hydrogen-bond donors (Lipinski definition) is 1. The molecule has 2 atom stereocenters. The Morgan fingerprint density at radius 2 is 2.00 bits per heavy atom. The van der Waals surface area contributed by atoms with Crippen molar-refractivity contribution in [2.45, 2.75) is 52.2 Å². The van der Waals surface area contributed by atoms with E-state index in [-0.39, 0.29) is 34.9 Å². The van der Waals surface area contributed by atoms with E-state index < -0.39 is 23.5 Å². The van der Waals surface area contributed by atoms with E-state index in [0.717, 1.165) is 18.9 Å². The van der Waals surface area contributed by atoms with Gasteiger partial charge in [0.15, 0.2) is 0 Å². The molecule has 0 bridgehead atoms. The Morgan fingerprint density at radius 3 is 2.59 bits per heavy atom. The first kappa shape index (κ1) is 21.3. The van der Waals surface area contributed by atoms with Crippen LogP contribution >= 0.6 is 11.6 Å². The zero-order chi connectivity index (χ0) is 20.4. The van der Waals surface area contributed by atoms with Crippen LogP contribution in [0.25, 0.3) is 0 Å². The summed E-state index contributed by atoms with van der Waals surface area (Å²) >= 11 is 6.13. The standard InChI is InChI=1S/C19H25ClFNO5/c1-11-5-6-12(9-22(11)18(24)25)10-26-16-8-15(21)13(7-14(16)20)17(23)27-19(2,3)4/h7-8,11-12H,5-6,9-10H2,1-4H3,(H,24,25). The van der Waals surface area contributed by atoms with Crippen LogP contribution in [0, 0.1) is 11.7 Å². The molecule has 0 radical (unpaired) electrons. The number of esters is 1.